The molecule has 9 heteroatoms. The molecule has 7 N–H and O–H groups in total. The second kappa shape index (κ2) is 7.95. The van der Waals surface area contributed by atoms with E-state index >= 15 is 0 Å². The quantitative estimate of drug-likeness (QED) is 0.476. The highest BCUT2D eigenvalue weighted by molar-refractivity contribution is 5.62. The predicted octanol–water partition coefficient (Wildman–Crippen LogP) is 1.20. The molecule has 130 valence electrons. The molecule has 0 aromatic carbocycles. The first-order valence-electron chi connectivity index (χ1n) is 7.61. The zero-order valence-corrected chi connectivity index (χ0v) is 13.6. The Morgan fingerprint density at radius 1 is 1.21 bits per heavy atom. The van der Waals surface area contributed by atoms with Crippen molar-refractivity contribution >= 4 is 17.3 Å². The second-order valence-electron chi connectivity index (χ2n) is 5.53. The first kappa shape index (κ1) is 18.0. The maximum absolute atomic E-state index is 13.8. The molecule has 0 aliphatic carbocycles. The van der Waals surface area contributed by atoms with Gasteiger partial charge in [-0.3, -0.25) is 0 Å². The molecule has 2 aromatic rings. The molecule has 0 aliphatic heterocycles. The van der Waals surface area contributed by atoms with Gasteiger partial charge in [-0.25, -0.2) is 9.37 Å². The fourth-order valence-electron chi connectivity index (χ4n) is 2.08. The Morgan fingerprint density at radius 2 is 1.96 bits per heavy atom. The summed E-state index contributed by atoms with van der Waals surface area (Å²) < 4.78 is 13.8. The number of aliphatic hydroxyl groups excluding tert-OH is 1. The fourth-order valence-corrected chi connectivity index (χ4v) is 2.08. The summed E-state index contributed by atoms with van der Waals surface area (Å²) in [6.07, 6.45) is -1.31. The summed E-state index contributed by atoms with van der Waals surface area (Å²) in [5.74, 6) is 0.453. The molecule has 0 radical (unpaired) electrons. The third kappa shape index (κ3) is 4.34. The van der Waals surface area contributed by atoms with Crippen molar-refractivity contribution in [3.05, 3.63) is 35.4 Å². The Kier molecular flexibility index (Phi) is 5.96. The molecule has 24 heavy (non-hydrogen) atoms. The Hall–Kier alpha value is -2.36. The highest BCUT2D eigenvalue weighted by Crippen LogP contribution is 2.25. The number of nitrogens with zero attached hydrogens (tertiary/aromatic N) is 3. The third-order valence-electron chi connectivity index (χ3n) is 3.24. The highest BCUT2D eigenvalue weighted by Gasteiger charge is 2.15. The van der Waals surface area contributed by atoms with E-state index in [0.717, 1.165) is 0 Å². The molecular weight excluding hydrogens is 313 g/mol. The number of hydrogen-bond donors (Lipinski definition) is 5. The Bertz CT molecular complexity index is 694. The van der Waals surface area contributed by atoms with Gasteiger partial charge in [0, 0.05) is 19.2 Å². The summed E-state index contributed by atoms with van der Waals surface area (Å²) in [4.78, 5) is 4.26. The van der Waals surface area contributed by atoms with Gasteiger partial charge in [0.25, 0.3) is 0 Å². The lowest BCUT2D eigenvalue weighted by Crippen LogP contribution is -2.17. The molecule has 2 aromatic heterocycles. The van der Waals surface area contributed by atoms with Crippen LogP contribution in [0.1, 0.15) is 37.4 Å². The van der Waals surface area contributed by atoms with E-state index in [1.165, 1.54) is 12.1 Å². The van der Waals surface area contributed by atoms with Crippen molar-refractivity contribution in [1.29, 1.82) is 0 Å². The zero-order valence-electron chi connectivity index (χ0n) is 13.6. The van der Waals surface area contributed by atoms with Gasteiger partial charge >= 0.3 is 0 Å². The van der Waals surface area contributed by atoms with Crippen molar-refractivity contribution in [2.45, 2.75) is 26.0 Å². The van der Waals surface area contributed by atoms with E-state index in [2.05, 4.69) is 25.8 Å². The van der Waals surface area contributed by atoms with Crippen molar-refractivity contribution in [3.63, 3.8) is 0 Å². The zero-order chi connectivity index (χ0) is 17.7. The number of nitrogens with two attached hydrogens (primary N) is 2. The van der Waals surface area contributed by atoms with E-state index in [1.54, 1.807) is 6.07 Å². The molecule has 0 amide bonds. The van der Waals surface area contributed by atoms with E-state index in [4.69, 9.17) is 11.5 Å². The molecule has 1 unspecified atom stereocenters. The summed E-state index contributed by atoms with van der Waals surface area (Å²) in [5.41, 5.74) is 11.9. The summed E-state index contributed by atoms with van der Waals surface area (Å²) in [5, 5.41) is 23.5. The number of rotatable bonds is 7. The average molecular weight is 335 g/mol. The molecule has 0 saturated carbocycles. The summed E-state index contributed by atoms with van der Waals surface area (Å²) in [7, 11) is 0. The van der Waals surface area contributed by atoms with Gasteiger partial charge < -0.3 is 27.2 Å². The van der Waals surface area contributed by atoms with Gasteiger partial charge in [0.1, 0.15) is 23.6 Å². The van der Waals surface area contributed by atoms with Gasteiger partial charge in [-0.15, -0.1) is 10.2 Å². The normalized spacial score (nSPS) is 12.3. The largest absolute Gasteiger partial charge is 0.373 e. The van der Waals surface area contributed by atoms with Crippen LogP contribution in [0, 0.1) is 5.82 Å². The van der Waals surface area contributed by atoms with Gasteiger partial charge in [-0.1, -0.05) is 13.8 Å². The number of aromatic nitrogens is 3. The number of anilines is 3. The fraction of sp³-hybridized carbons (Fsp3) is 0.400. The van der Waals surface area contributed by atoms with Crippen LogP contribution in [0.5, 0.6) is 0 Å². The molecule has 0 spiro atoms. The van der Waals surface area contributed by atoms with E-state index in [1.807, 2.05) is 13.8 Å². The van der Waals surface area contributed by atoms with Crippen molar-refractivity contribution in [1.82, 2.24) is 15.2 Å². The summed E-state index contributed by atoms with van der Waals surface area (Å²) in [6.45, 7) is 4.66. The van der Waals surface area contributed by atoms with Gasteiger partial charge in [0.15, 0.2) is 5.82 Å². The Labute approximate surface area is 139 Å². The molecule has 8 nitrogen and oxygen atoms in total. The van der Waals surface area contributed by atoms with E-state index in [9.17, 15) is 9.50 Å². The smallest absolute Gasteiger partial charge is 0.150 e. The van der Waals surface area contributed by atoms with Crippen LogP contribution in [-0.2, 0) is 0 Å². The number of halogens is 1. The van der Waals surface area contributed by atoms with Crippen molar-refractivity contribution in [3.8, 4) is 0 Å². The van der Waals surface area contributed by atoms with Crippen LogP contribution >= 0.6 is 0 Å². The van der Waals surface area contributed by atoms with E-state index in [-0.39, 0.29) is 17.4 Å². The first-order valence-corrected chi connectivity index (χ1v) is 7.61. The van der Waals surface area contributed by atoms with Crippen LogP contribution in [0.15, 0.2) is 18.2 Å². The number of hydrogen-bond acceptors (Lipinski definition) is 8. The lowest BCUT2D eigenvalue weighted by Gasteiger charge is -2.15. The molecular formula is C15H22FN7O. The standard InChI is InChI=1S/C15H22FN7O/c1-8(2)13-9(16)3-4-11(21-13)20-10-7-12(19-6-5-17)22-23-14(10)15(18)24/h3-4,7-8,15,24H,5-6,17-18H2,1-2H3,(H2,19,20,21,22). The molecule has 0 bridgehead atoms. The Morgan fingerprint density at radius 3 is 2.58 bits per heavy atom. The number of nitrogens with one attached hydrogen (secondary N) is 2. The monoisotopic (exact) mass is 335 g/mol. The third-order valence-corrected chi connectivity index (χ3v) is 3.24. The maximum atomic E-state index is 13.8. The number of aliphatic hydroxyl groups is 1. The van der Waals surface area contributed by atoms with Gasteiger partial charge in [0.05, 0.1) is 11.4 Å². The lowest BCUT2D eigenvalue weighted by atomic mass is 10.1. The van der Waals surface area contributed by atoms with Crippen LogP contribution in [0.2, 0.25) is 0 Å². The molecule has 2 heterocycles. The lowest BCUT2D eigenvalue weighted by molar-refractivity contribution is 0.181. The van der Waals surface area contributed by atoms with Crippen molar-refractivity contribution < 1.29 is 9.50 Å². The van der Waals surface area contributed by atoms with Gasteiger partial charge in [0.2, 0.25) is 0 Å². The Balaban J connectivity index is 2.34. The van der Waals surface area contributed by atoms with Crippen LogP contribution in [-0.4, -0.2) is 33.4 Å². The molecule has 0 saturated heterocycles. The summed E-state index contributed by atoms with van der Waals surface area (Å²) >= 11 is 0. The minimum absolute atomic E-state index is 0.0660. The first-order chi connectivity index (χ1) is 11.4. The maximum Gasteiger partial charge on any atom is 0.150 e. The topological polar surface area (TPSA) is 135 Å². The van der Waals surface area contributed by atoms with Crippen LogP contribution in [0.25, 0.3) is 0 Å². The van der Waals surface area contributed by atoms with Crippen LogP contribution < -0.4 is 22.1 Å². The number of pyridine rings is 1. The minimum Gasteiger partial charge on any atom is -0.373 e. The SMILES string of the molecule is CC(C)c1nc(Nc2cc(NCCN)nnc2C(N)O)ccc1F. The molecule has 2 rings (SSSR count). The molecule has 0 aliphatic rings. The second-order valence-corrected chi connectivity index (χ2v) is 5.53. The van der Waals surface area contributed by atoms with Crippen LogP contribution in [0.3, 0.4) is 0 Å². The highest BCUT2D eigenvalue weighted by atomic mass is 19.1. The van der Waals surface area contributed by atoms with Crippen molar-refractivity contribution in [2.24, 2.45) is 11.5 Å². The summed E-state index contributed by atoms with van der Waals surface area (Å²) in [6, 6.07) is 4.47. The molecule has 1 atom stereocenters. The molecule has 0 fully saturated rings. The predicted molar refractivity (Wildman–Crippen MR) is 90.3 cm³/mol. The van der Waals surface area contributed by atoms with Crippen LogP contribution in [0.4, 0.5) is 21.7 Å². The van der Waals surface area contributed by atoms with Gasteiger partial charge in [-0.05, 0) is 18.1 Å². The van der Waals surface area contributed by atoms with E-state index in [0.29, 0.717) is 36.1 Å². The van der Waals surface area contributed by atoms with Gasteiger partial charge in [-0.2, -0.15) is 0 Å². The average Bonchev–Trinajstić information content (AvgIpc) is 2.54. The van der Waals surface area contributed by atoms with E-state index < -0.39 is 6.23 Å². The van der Waals surface area contributed by atoms with Crippen molar-refractivity contribution in [2.75, 3.05) is 23.7 Å². The minimum atomic E-state index is -1.31.